The van der Waals surface area contributed by atoms with E-state index in [4.69, 9.17) is 0 Å². The summed E-state index contributed by atoms with van der Waals surface area (Å²) in [5.74, 6) is 1.01. The smallest absolute Gasteiger partial charge is 0.151 e. The maximum Gasteiger partial charge on any atom is 0.151 e. The van der Waals surface area contributed by atoms with Gasteiger partial charge in [0.1, 0.15) is 0 Å². The van der Waals surface area contributed by atoms with Crippen molar-refractivity contribution in [2.24, 2.45) is 0 Å². The van der Waals surface area contributed by atoms with Crippen LogP contribution in [0.3, 0.4) is 0 Å². The highest BCUT2D eigenvalue weighted by molar-refractivity contribution is 5.65. The summed E-state index contributed by atoms with van der Waals surface area (Å²) in [7, 11) is 4.06. The molecule has 1 fully saturated rings. The van der Waals surface area contributed by atoms with Crippen molar-refractivity contribution in [3.8, 4) is 0 Å². The Bertz CT molecular complexity index is 389. The molecule has 1 aliphatic rings. The third kappa shape index (κ3) is 2.93. The molecule has 0 amide bonds. The maximum absolute atomic E-state index is 4.42. The van der Waals surface area contributed by atoms with E-state index >= 15 is 0 Å². The summed E-state index contributed by atoms with van der Waals surface area (Å²) in [6.07, 6.45) is 3.05. The summed E-state index contributed by atoms with van der Waals surface area (Å²) in [5.41, 5.74) is 1.14. The zero-order chi connectivity index (χ0) is 13.1. The minimum Gasteiger partial charge on any atom is -0.378 e. The van der Waals surface area contributed by atoms with E-state index in [0.717, 1.165) is 18.1 Å². The van der Waals surface area contributed by atoms with Gasteiger partial charge in [0.25, 0.3) is 0 Å². The van der Waals surface area contributed by atoms with Crippen molar-refractivity contribution in [2.45, 2.75) is 32.4 Å². The molecule has 1 saturated heterocycles. The predicted molar refractivity (Wildman–Crippen MR) is 77.3 cm³/mol. The van der Waals surface area contributed by atoms with Crippen LogP contribution in [0.15, 0.2) is 18.3 Å². The molecule has 0 saturated carbocycles. The van der Waals surface area contributed by atoms with Crippen LogP contribution in [0.2, 0.25) is 0 Å². The van der Waals surface area contributed by atoms with Crippen molar-refractivity contribution in [3.05, 3.63) is 18.3 Å². The molecular formula is C14H24N4. The van der Waals surface area contributed by atoms with E-state index in [1.54, 1.807) is 0 Å². The van der Waals surface area contributed by atoms with Crippen LogP contribution in [0.5, 0.6) is 0 Å². The van der Waals surface area contributed by atoms with Gasteiger partial charge in [0.05, 0.1) is 5.69 Å². The Morgan fingerprint density at radius 2 is 2.22 bits per heavy atom. The van der Waals surface area contributed by atoms with Gasteiger partial charge >= 0.3 is 0 Å². The molecule has 1 N–H and O–H groups in total. The average Bonchev–Trinajstić information content (AvgIpc) is 2.78. The number of anilines is 2. The molecule has 2 heterocycles. The zero-order valence-corrected chi connectivity index (χ0v) is 11.8. The quantitative estimate of drug-likeness (QED) is 0.883. The van der Waals surface area contributed by atoms with Gasteiger partial charge in [-0.25, -0.2) is 4.98 Å². The lowest BCUT2D eigenvalue weighted by atomic mass is 10.2. The second-order valence-electron chi connectivity index (χ2n) is 5.49. The Morgan fingerprint density at radius 3 is 2.83 bits per heavy atom. The molecule has 0 aliphatic carbocycles. The second-order valence-corrected chi connectivity index (χ2v) is 5.49. The SMILES string of the molecule is CC(C)N1CCC(Nc2cccnc2N(C)C)C1. The van der Waals surface area contributed by atoms with Gasteiger partial charge in [0.2, 0.25) is 0 Å². The molecule has 0 radical (unpaired) electrons. The predicted octanol–water partition coefficient (Wildman–Crippen LogP) is 2.04. The summed E-state index contributed by atoms with van der Waals surface area (Å²) in [6.45, 7) is 6.84. The molecule has 1 aromatic heterocycles. The lowest BCUT2D eigenvalue weighted by Crippen LogP contribution is -2.31. The average molecular weight is 248 g/mol. The van der Waals surface area contributed by atoms with Crippen molar-refractivity contribution in [2.75, 3.05) is 37.4 Å². The molecule has 1 unspecified atom stereocenters. The van der Waals surface area contributed by atoms with E-state index < -0.39 is 0 Å². The Balaban J connectivity index is 2.02. The van der Waals surface area contributed by atoms with Gasteiger partial charge in [0.15, 0.2) is 5.82 Å². The van der Waals surface area contributed by atoms with Gasteiger partial charge in [-0.05, 0) is 32.4 Å². The Morgan fingerprint density at radius 1 is 1.44 bits per heavy atom. The van der Waals surface area contributed by atoms with Crippen molar-refractivity contribution in [3.63, 3.8) is 0 Å². The molecule has 0 spiro atoms. The van der Waals surface area contributed by atoms with Crippen molar-refractivity contribution >= 4 is 11.5 Å². The van der Waals surface area contributed by atoms with E-state index in [1.807, 2.05) is 26.4 Å². The monoisotopic (exact) mass is 248 g/mol. The minimum atomic E-state index is 0.537. The zero-order valence-electron chi connectivity index (χ0n) is 11.8. The van der Waals surface area contributed by atoms with Gasteiger partial charge in [-0.3, -0.25) is 4.90 Å². The first-order valence-electron chi connectivity index (χ1n) is 6.71. The van der Waals surface area contributed by atoms with E-state index in [1.165, 1.54) is 13.0 Å². The summed E-state index contributed by atoms with van der Waals surface area (Å²) in [6, 6.07) is 5.28. The molecule has 1 aromatic rings. The lowest BCUT2D eigenvalue weighted by molar-refractivity contribution is 0.274. The molecule has 1 aliphatic heterocycles. The van der Waals surface area contributed by atoms with Gasteiger partial charge in [0, 0.05) is 45.5 Å². The van der Waals surface area contributed by atoms with Crippen LogP contribution < -0.4 is 10.2 Å². The molecule has 2 rings (SSSR count). The summed E-state index contributed by atoms with van der Waals surface area (Å²) in [4.78, 5) is 8.99. The molecule has 1 atom stereocenters. The topological polar surface area (TPSA) is 31.4 Å². The van der Waals surface area contributed by atoms with Crippen LogP contribution in [0.1, 0.15) is 20.3 Å². The largest absolute Gasteiger partial charge is 0.378 e. The molecule has 100 valence electrons. The number of hydrogen-bond donors (Lipinski definition) is 1. The first-order valence-corrected chi connectivity index (χ1v) is 6.71. The number of aromatic nitrogens is 1. The second kappa shape index (κ2) is 5.57. The Labute approximate surface area is 110 Å². The van der Waals surface area contributed by atoms with Crippen LogP contribution in [-0.4, -0.2) is 49.2 Å². The normalized spacial score (nSPS) is 20.4. The van der Waals surface area contributed by atoms with Gasteiger partial charge in [-0.15, -0.1) is 0 Å². The molecule has 4 nitrogen and oxygen atoms in total. The standard InChI is InChI=1S/C14H24N4/c1-11(2)18-9-7-12(10-18)16-13-6-5-8-15-14(13)17(3)4/h5-6,8,11-12,16H,7,9-10H2,1-4H3. The fourth-order valence-corrected chi connectivity index (χ4v) is 2.46. The van der Waals surface area contributed by atoms with Gasteiger partial charge in [-0.1, -0.05) is 0 Å². The van der Waals surface area contributed by atoms with E-state index in [2.05, 4.69) is 40.0 Å². The van der Waals surface area contributed by atoms with Crippen molar-refractivity contribution in [1.82, 2.24) is 9.88 Å². The highest BCUT2D eigenvalue weighted by Gasteiger charge is 2.24. The van der Waals surface area contributed by atoms with E-state index in [-0.39, 0.29) is 0 Å². The van der Waals surface area contributed by atoms with Crippen LogP contribution in [-0.2, 0) is 0 Å². The van der Waals surface area contributed by atoms with Crippen LogP contribution in [0.4, 0.5) is 11.5 Å². The van der Waals surface area contributed by atoms with Crippen molar-refractivity contribution in [1.29, 1.82) is 0 Å². The summed E-state index contributed by atoms with van der Waals surface area (Å²) < 4.78 is 0. The first-order chi connectivity index (χ1) is 8.58. The highest BCUT2D eigenvalue weighted by Crippen LogP contribution is 2.24. The Hall–Kier alpha value is -1.29. The Kier molecular flexibility index (Phi) is 4.07. The number of nitrogens with one attached hydrogen (secondary N) is 1. The number of likely N-dealkylation sites (tertiary alicyclic amines) is 1. The summed E-state index contributed by atoms with van der Waals surface area (Å²) in [5, 5.41) is 3.63. The lowest BCUT2D eigenvalue weighted by Gasteiger charge is -2.22. The number of rotatable bonds is 4. The van der Waals surface area contributed by atoms with Crippen LogP contribution in [0, 0.1) is 0 Å². The number of pyridine rings is 1. The molecule has 0 bridgehead atoms. The first kappa shape index (κ1) is 13.1. The highest BCUT2D eigenvalue weighted by atomic mass is 15.2. The maximum atomic E-state index is 4.42. The molecule has 4 heteroatoms. The number of nitrogens with zero attached hydrogens (tertiary/aromatic N) is 3. The molecular weight excluding hydrogens is 224 g/mol. The van der Waals surface area contributed by atoms with Gasteiger partial charge < -0.3 is 10.2 Å². The number of hydrogen-bond acceptors (Lipinski definition) is 4. The van der Waals surface area contributed by atoms with E-state index in [9.17, 15) is 0 Å². The van der Waals surface area contributed by atoms with Crippen LogP contribution in [0.25, 0.3) is 0 Å². The summed E-state index contributed by atoms with van der Waals surface area (Å²) >= 11 is 0. The molecule has 0 aromatic carbocycles. The van der Waals surface area contributed by atoms with Gasteiger partial charge in [-0.2, -0.15) is 0 Å². The fraction of sp³-hybridized carbons (Fsp3) is 0.643. The van der Waals surface area contributed by atoms with Crippen LogP contribution >= 0.6 is 0 Å². The van der Waals surface area contributed by atoms with E-state index in [0.29, 0.717) is 12.1 Å². The van der Waals surface area contributed by atoms with Crippen molar-refractivity contribution < 1.29 is 0 Å². The third-order valence-electron chi connectivity index (χ3n) is 3.52. The fourth-order valence-electron chi connectivity index (χ4n) is 2.46. The minimum absolute atomic E-state index is 0.537. The third-order valence-corrected chi connectivity index (χ3v) is 3.52. The molecule has 18 heavy (non-hydrogen) atoms.